The van der Waals surface area contributed by atoms with E-state index < -0.39 is 16.0 Å². The molecule has 0 aliphatic heterocycles. The van der Waals surface area contributed by atoms with Gasteiger partial charge in [0.1, 0.15) is 5.75 Å². The van der Waals surface area contributed by atoms with E-state index in [-0.39, 0.29) is 27.7 Å². The molecule has 0 bridgehead atoms. The van der Waals surface area contributed by atoms with Crippen LogP contribution in [0.4, 0.5) is 5.69 Å². The first-order valence-electron chi connectivity index (χ1n) is 10.1. The van der Waals surface area contributed by atoms with Crippen molar-refractivity contribution in [1.29, 1.82) is 0 Å². The van der Waals surface area contributed by atoms with E-state index in [1.165, 1.54) is 13.2 Å². The maximum absolute atomic E-state index is 13.2. The summed E-state index contributed by atoms with van der Waals surface area (Å²) >= 11 is 0. The van der Waals surface area contributed by atoms with Gasteiger partial charge < -0.3 is 20.0 Å². The predicted molar refractivity (Wildman–Crippen MR) is 125 cm³/mol. The van der Waals surface area contributed by atoms with E-state index in [2.05, 4.69) is 9.71 Å². The van der Waals surface area contributed by atoms with E-state index >= 15 is 0 Å². The molecule has 9 heteroatoms. The highest BCUT2D eigenvalue weighted by Crippen LogP contribution is 2.30. The number of fused-ring (bicyclic) bond motifs is 1. The van der Waals surface area contributed by atoms with Gasteiger partial charge in [0.25, 0.3) is 10.0 Å². The van der Waals surface area contributed by atoms with Crippen LogP contribution in [0.25, 0.3) is 0 Å². The molecule has 0 saturated carbocycles. The lowest BCUT2D eigenvalue weighted by molar-refractivity contribution is -0.255. The lowest BCUT2D eigenvalue weighted by atomic mass is 9.92. The molecule has 172 valence electrons. The molecule has 0 atom stereocenters. The van der Waals surface area contributed by atoms with Gasteiger partial charge in [0.2, 0.25) is 5.78 Å². The topological polar surface area (TPSA) is 125 Å². The number of ketones is 1. The number of nitrogens with one attached hydrogen (secondary N) is 1. The van der Waals surface area contributed by atoms with Crippen molar-refractivity contribution >= 4 is 33.2 Å². The molecule has 0 aromatic heterocycles. The molecule has 1 aliphatic rings. The van der Waals surface area contributed by atoms with Crippen molar-refractivity contribution in [2.24, 2.45) is 4.40 Å². The number of aromatic carboxylic acids is 1. The number of hydrogen-bond donors (Lipinski definition) is 1. The monoisotopic (exact) mass is 475 g/mol. The van der Waals surface area contributed by atoms with Gasteiger partial charge in [0.15, 0.2) is 0 Å². The minimum atomic E-state index is -4.21. The van der Waals surface area contributed by atoms with Crippen molar-refractivity contribution in [1.82, 2.24) is 0 Å². The number of benzene rings is 3. The second kappa shape index (κ2) is 8.95. The molecule has 0 saturated heterocycles. The number of rotatable bonds is 6. The molecule has 4 rings (SSSR count). The van der Waals surface area contributed by atoms with E-state index in [1.54, 1.807) is 36.4 Å². The number of sulfonamides is 1. The van der Waals surface area contributed by atoms with E-state index in [0.717, 1.165) is 29.8 Å². The lowest BCUT2D eigenvalue weighted by Crippen LogP contribution is -2.23. The molecule has 3 aromatic rings. The van der Waals surface area contributed by atoms with Crippen LogP contribution in [0.3, 0.4) is 0 Å². The second-order valence-corrected chi connectivity index (χ2v) is 9.13. The second-order valence-electron chi connectivity index (χ2n) is 7.52. The Morgan fingerprint density at radius 3 is 2.32 bits per heavy atom. The highest BCUT2D eigenvalue weighted by atomic mass is 32.2. The molecule has 0 amide bonds. The first-order chi connectivity index (χ1) is 16.2. The summed E-state index contributed by atoms with van der Waals surface area (Å²) in [5.74, 6) is -1.23. The van der Waals surface area contributed by atoms with Gasteiger partial charge in [0.05, 0.1) is 35.1 Å². The number of nitrogens with zero attached hydrogens (tertiary/aromatic N) is 1. The smallest absolute Gasteiger partial charge is 0.282 e. The Labute approximate surface area is 196 Å². The van der Waals surface area contributed by atoms with Crippen LogP contribution in [-0.4, -0.2) is 33.0 Å². The first-order valence-corrected chi connectivity index (χ1v) is 11.6. The molecule has 0 fully saturated rings. The van der Waals surface area contributed by atoms with Crippen LogP contribution in [0, 0.1) is 6.92 Å². The third-order valence-corrected chi connectivity index (χ3v) is 6.51. The summed E-state index contributed by atoms with van der Waals surface area (Å²) in [5, 5.41) is 14.0. The number of carboxylic acids is 1. The van der Waals surface area contributed by atoms with Gasteiger partial charge in [-0.05, 0) is 48.4 Å². The fraction of sp³-hybridized carbons (Fsp3) is 0.0800. The molecule has 1 N–H and O–H groups in total. The number of carbonyl (C=O) groups is 2. The average molecular weight is 476 g/mol. The van der Waals surface area contributed by atoms with Crippen molar-refractivity contribution < 1.29 is 27.9 Å². The Morgan fingerprint density at radius 2 is 1.68 bits per heavy atom. The SMILES string of the molecule is COc1ccc(C)cc1NC1=CC(=NS(=O)(=O)c2ccc(C(=O)[O-])cc2)c2ccccc2C1=O. The van der Waals surface area contributed by atoms with E-state index in [0.29, 0.717) is 22.6 Å². The zero-order chi connectivity index (χ0) is 24.5. The Bertz CT molecular complexity index is 1470. The number of Topliss-reactive ketones (excluding diaryl/α,β-unsaturated/α-hetero) is 1. The molecule has 0 heterocycles. The quantitative estimate of drug-likeness (QED) is 0.581. The summed E-state index contributed by atoms with van der Waals surface area (Å²) in [6.07, 6.45) is 1.37. The molecule has 1 aliphatic carbocycles. The highest BCUT2D eigenvalue weighted by molar-refractivity contribution is 7.90. The number of aryl methyl sites for hydroxylation is 1. The standard InChI is InChI=1S/C25H20N2O6S/c1-15-7-12-23(33-2)21(13-15)26-22-14-20(18-5-3-4-6-19(18)24(22)28)27-34(31,32)17-10-8-16(9-11-17)25(29)30/h3-14,26H,1-2H3,(H,29,30)/p-1. The number of carbonyl (C=O) groups excluding carboxylic acids is 2. The van der Waals surface area contributed by atoms with Crippen molar-refractivity contribution in [2.75, 3.05) is 12.4 Å². The summed E-state index contributed by atoms with van der Waals surface area (Å²) in [6, 6.07) is 16.5. The number of allylic oxidation sites excluding steroid dienone is 2. The molecule has 3 aromatic carbocycles. The zero-order valence-electron chi connectivity index (χ0n) is 18.2. The van der Waals surface area contributed by atoms with Gasteiger partial charge in [0, 0.05) is 11.1 Å². The van der Waals surface area contributed by atoms with Crippen LogP contribution in [0.5, 0.6) is 5.75 Å². The van der Waals surface area contributed by atoms with Crippen LogP contribution >= 0.6 is 0 Å². The van der Waals surface area contributed by atoms with Crippen LogP contribution in [0.15, 0.2) is 87.8 Å². The minimum Gasteiger partial charge on any atom is -0.545 e. The number of carboxylic acid groups (broad SMARTS) is 1. The maximum atomic E-state index is 13.2. The van der Waals surface area contributed by atoms with Gasteiger partial charge >= 0.3 is 0 Å². The van der Waals surface area contributed by atoms with Crippen LogP contribution < -0.4 is 15.2 Å². The zero-order valence-corrected chi connectivity index (χ0v) is 19.0. The molecule has 8 nitrogen and oxygen atoms in total. The summed E-state index contributed by atoms with van der Waals surface area (Å²) in [5.41, 5.74) is 2.17. The third kappa shape index (κ3) is 4.46. The summed E-state index contributed by atoms with van der Waals surface area (Å²) < 4.78 is 35.3. The number of ether oxygens (including phenoxy) is 1. The van der Waals surface area contributed by atoms with Crippen molar-refractivity contribution in [3.8, 4) is 5.75 Å². The van der Waals surface area contributed by atoms with Gasteiger partial charge in [-0.15, -0.1) is 0 Å². The molecular weight excluding hydrogens is 456 g/mol. The van der Waals surface area contributed by atoms with E-state index in [4.69, 9.17) is 4.74 Å². The molecule has 0 unspecified atom stereocenters. The van der Waals surface area contributed by atoms with Gasteiger partial charge in [-0.3, -0.25) is 4.79 Å². The number of methoxy groups -OCH3 is 1. The number of hydrogen-bond acceptors (Lipinski definition) is 7. The Balaban J connectivity index is 1.80. The van der Waals surface area contributed by atoms with Crippen molar-refractivity contribution in [2.45, 2.75) is 11.8 Å². The largest absolute Gasteiger partial charge is 0.545 e. The van der Waals surface area contributed by atoms with Gasteiger partial charge in [-0.2, -0.15) is 12.8 Å². The molecule has 0 spiro atoms. The highest BCUT2D eigenvalue weighted by Gasteiger charge is 2.26. The third-order valence-electron chi connectivity index (χ3n) is 5.20. The summed E-state index contributed by atoms with van der Waals surface area (Å²) in [7, 11) is -2.70. The number of anilines is 1. The molecule has 34 heavy (non-hydrogen) atoms. The van der Waals surface area contributed by atoms with E-state index in [1.807, 2.05) is 13.0 Å². The molecular formula is C25H19N2O6S-. The summed E-state index contributed by atoms with van der Waals surface area (Å²) in [6.45, 7) is 1.89. The molecule has 0 radical (unpaired) electrons. The minimum absolute atomic E-state index is 0.0632. The maximum Gasteiger partial charge on any atom is 0.282 e. The average Bonchev–Trinajstić information content (AvgIpc) is 2.82. The van der Waals surface area contributed by atoms with Gasteiger partial charge in [-0.1, -0.05) is 42.5 Å². The van der Waals surface area contributed by atoms with E-state index in [9.17, 15) is 23.1 Å². The fourth-order valence-corrected chi connectivity index (χ4v) is 4.50. The van der Waals surface area contributed by atoms with Crippen LogP contribution in [-0.2, 0) is 10.0 Å². The lowest BCUT2D eigenvalue weighted by Gasteiger charge is -2.20. The van der Waals surface area contributed by atoms with Crippen LogP contribution in [0.1, 0.15) is 31.8 Å². The van der Waals surface area contributed by atoms with Crippen LogP contribution in [0.2, 0.25) is 0 Å². The van der Waals surface area contributed by atoms with Crippen molar-refractivity contribution in [3.05, 3.63) is 101 Å². The summed E-state index contributed by atoms with van der Waals surface area (Å²) in [4.78, 5) is 23.9. The van der Waals surface area contributed by atoms with Gasteiger partial charge in [-0.25, -0.2) is 0 Å². The normalized spacial score (nSPS) is 14.4. The first kappa shape index (κ1) is 22.9. The Kier molecular flexibility index (Phi) is 6.04. The predicted octanol–water partition coefficient (Wildman–Crippen LogP) is 2.74. The Hall–Kier alpha value is -4.24. The fourth-order valence-electron chi connectivity index (χ4n) is 3.51. The van der Waals surface area contributed by atoms with Crippen molar-refractivity contribution in [3.63, 3.8) is 0 Å². The Morgan fingerprint density at radius 1 is 1.00 bits per heavy atom.